The Morgan fingerprint density at radius 2 is 2.00 bits per heavy atom. The zero-order valence-corrected chi connectivity index (χ0v) is 11.4. The number of ether oxygens (including phenoxy) is 2. The van der Waals surface area contributed by atoms with Gasteiger partial charge >= 0.3 is 0 Å². The van der Waals surface area contributed by atoms with Gasteiger partial charge in [-0.2, -0.15) is 0 Å². The second-order valence-electron chi connectivity index (χ2n) is 4.77. The van der Waals surface area contributed by atoms with Crippen LogP contribution in [0.4, 0.5) is 0 Å². The Balaban J connectivity index is 2.13. The van der Waals surface area contributed by atoms with Crippen molar-refractivity contribution >= 4 is 10.8 Å². The Morgan fingerprint density at radius 1 is 1.44 bits per heavy atom. The molecule has 2 unspecified atom stereocenters. The summed E-state index contributed by atoms with van der Waals surface area (Å²) in [4.78, 5) is 0. The SMILES string of the molecule is CC(CCNC1COC(C)(C)OC1)S(C)=O. The molecule has 1 fully saturated rings. The molecule has 0 spiro atoms. The predicted molar refractivity (Wildman–Crippen MR) is 65.9 cm³/mol. The largest absolute Gasteiger partial charge is 0.349 e. The van der Waals surface area contributed by atoms with Gasteiger partial charge < -0.3 is 14.8 Å². The molecule has 1 aliphatic rings. The first-order valence-corrected chi connectivity index (χ1v) is 7.36. The van der Waals surface area contributed by atoms with Gasteiger partial charge in [0.15, 0.2) is 5.79 Å². The van der Waals surface area contributed by atoms with Gasteiger partial charge in [-0.25, -0.2) is 0 Å². The van der Waals surface area contributed by atoms with Crippen LogP contribution in [0.1, 0.15) is 27.2 Å². The van der Waals surface area contributed by atoms with Crippen molar-refractivity contribution in [2.45, 2.75) is 44.3 Å². The molecule has 2 atom stereocenters. The molecule has 4 nitrogen and oxygen atoms in total. The van der Waals surface area contributed by atoms with Gasteiger partial charge in [-0.1, -0.05) is 6.92 Å². The average molecular weight is 249 g/mol. The lowest BCUT2D eigenvalue weighted by molar-refractivity contribution is -0.252. The first-order valence-electron chi connectivity index (χ1n) is 5.74. The van der Waals surface area contributed by atoms with Crippen LogP contribution in [0.25, 0.3) is 0 Å². The van der Waals surface area contributed by atoms with Crippen molar-refractivity contribution in [1.82, 2.24) is 5.32 Å². The molecule has 1 rings (SSSR count). The zero-order chi connectivity index (χ0) is 12.2. The third-order valence-corrected chi connectivity index (χ3v) is 4.18. The molecule has 0 aliphatic carbocycles. The van der Waals surface area contributed by atoms with E-state index < -0.39 is 16.6 Å². The van der Waals surface area contributed by atoms with Crippen molar-refractivity contribution < 1.29 is 13.7 Å². The summed E-state index contributed by atoms with van der Waals surface area (Å²) in [5.74, 6) is -0.448. The predicted octanol–water partition coefficient (Wildman–Crippen LogP) is 0.885. The Labute approximate surface area is 101 Å². The maximum Gasteiger partial charge on any atom is 0.162 e. The van der Waals surface area contributed by atoms with Gasteiger partial charge in [-0.05, 0) is 26.8 Å². The van der Waals surface area contributed by atoms with Crippen molar-refractivity contribution in [3.8, 4) is 0 Å². The minimum Gasteiger partial charge on any atom is -0.349 e. The highest BCUT2D eigenvalue weighted by atomic mass is 32.2. The van der Waals surface area contributed by atoms with E-state index in [2.05, 4.69) is 5.32 Å². The lowest BCUT2D eigenvalue weighted by Gasteiger charge is -2.35. The Bertz CT molecular complexity index is 235. The molecule has 0 saturated carbocycles. The second-order valence-corrected chi connectivity index (χ2v) is 6.57. The highest BCUT2D eigenvalue weighted by Crippen LogP contribution is 2.16. The first kappa shape index (κ1) is 14.1. The zero-order valence-electron chi connectivity index (χ0n) is 10.6. The Morgan fingerprint density at radius 3 is 2.50 bits per heavy atom. The molecule has 5 heteroatoms. The molecule has 16 heavy (non-hydrogen) atoms. The molecule has 0 amide bonds. The normalized spacial score (nSPS) is 25.2. The van der Waals surface area contributed by atoms with Gasteiger partial charge in [0, 0.05) is 22.3 Å². The van der Waals surface area contributed by atoms with Crippen molar-refractivity contribution in [3.63, 3.8) is 0 Å². The summed E-state index contributed by atoms with van der Waals surface area (Å²) in [5, 5.41) is 3.61. The van der Waals surface area contributed by atoms with E-state index >= 15 is 0 Å². The molecule has 0 bridgehead atoms. The van der Waals surface area contributed by atoms with E-state index in [4.69, 9.17) is 9.47 Å². The molecule has 96 valence electrons. The van der Waals surface area contributed by atoms with Gasteiger partial charge in [0.25, 0.3) is 0 Å². The van der Waals surface area contributed by atoms with E-state index in [9.17, 15) is 4.21 Å². The first-order chi connectivity index (χ1) is 7.41. The summed E-state index contributed by atoms with van der Waals surface area (Å²) < 4.78 is 22.2. The van der Waals surface area contributed by atoms with E-state index in [1.807, 2.05) is 20.8 Å². The lowest BCUT2D eigenvalue weighted by atomic mass is 10.2. The molecule has 0 aromatic rings. The highest BCUT2D eigenvalue weighted by Gasteiger charge is 2.27. The molecule has 1 N–H and O–H groups in total. The van der Waals surface area contributed by atoms with Crippen LogP contribution in [0.2, 0.25) is 0 Å². The maximum absolute atomic E-state index is 11.1. The van der Waals surface area contributed by atoms with E-state index in [1.54, 1.807) is 6.26 Å². The van der Waals surface area contributed by atoms with Crippen LogP contribution >= 0.6 is 0 Å². The monoisotopic (exact) mass is 249 g/mol. The van der Waals surface area contributed by atoms with E-state index in [1.165, 1.54) is 0 Å². The fourth-order valence-electron chi connectivity index (χ4n) is 1.47. The van der Waals surface area contributed by atoms with Gasteiger partial charge in [-0.3, -0.25) is 4.21 Å². The third kappa shape index (κ3) is 4.91. The van der Waals surface area contributed by atoms with Crippen molar-refractivity contribution in [2.24, 2.45) is 0 Å². The van der Waals surface area contributed by atoms with Gasteiger partial charge in [-0.15, -0.1) is 0 Å². The fourth-order valence-corrected chi connectivity index (χ4v) is 1.92. The van der Waals surface area contributed by atoms with Gasteiger partial charge in [0.1, 0.15) is 0 Å². The molecule has 0 aromatic heterocycles. The van der Waals surface area contributed by atoms with Crippen LogP contribution in [-0.2, 0) is 20.3 Å². The quantitative estimate of drug-likeness (QED) is 0.786. The lowest BCUT2D eigenvalue weighted by Crippen LogP contribution is -2.49. The van der Waals surface area contributed by atoms with Crippen molar-refractivity contribution in [3.05, 3.63) is 0 Å². The smallest absolute Gasteiger partial charge is 0.162 e. The van der Waals surface area contributed by atoms with Crippen molar-refractivity contribution in [2.75, 3.05) is 26.0 Å². The van der Waals surface area contributed by atoms with Crippen LogP contribution < -0.4 is 5.32 Å². The van der Waals surface area contributed by atoms with E-state index in [-0.39, 0.29) is 11.3 Å². The standard InChI is InChI=1S/C11H23NO3S/c1-9(16(4)13)5-6-12-10-7-14-11(2,3)15-8-10/h9-10,12H,5-8H2,1-4H3. The Hall–Kier alpha value is 0.0300. The highest BCUT2D eigenvalue weighted by molar-refractivity contribution is 7.84. The van der Waals surface area contributed by atoms with Gasteiger partial charge in [0.2, 0.25) is 0 Å². The molecule has 1 heterocycles. The minimum absolute atomic E-state index is 0.245. The number of rotatable bonds is 5. The summed E-state index contributed by atoms with van der Waals surface area (Å²) in [6.07, 6.45) is 2.67. The number of nitrogens with one attached hydrogen (secondary N) is 1. The van der Waals surface area contributed by atoms with Gasteiger partial charge in [0.05, 0.1) is 19.3 Å². The molecule has 1 aliphatic heterocycles. The Kier molecular flexibility index (Phi) is 5.37. The molecule has 0 aromatic carbocycles. The van der Waals surface area contributed by atoms with E-state index in [0.29, 0.717) is 13.2 Å². The van der Waals surface area contributed by atoms with Crippen LogP contribution in [0.5, 0.6) is 0 Å². The van der Waals surface area contributed by atoms with E-state index in [0.717, 1.165) is 13.0 Å². The topological polar surface area (TPSA) is 47.6 Å². The van der Waals surface area contributed by atoms with Crippen LogP contribution in [0.15, 0.2) is 0 Å². The summed E-state index contributed by atoms with van der Waals surface area (Å²) in [5.41, 5.74) is 0. The summed E-state index contributed by atoms with van der Waals surface area (Å²) in [6, 6.07) is 0.255. The maximum atomic E-state index is 11.1. The fraction of sp³-hybridized carbons (Fsp3) is 1.00. The molecule has 0 radical (unpaired) electrons. The van der Waals surface area contributed by atoms with Crippen LogP contribution in [-0.4, -0.2) is 47.3 Å². The number of hydrogen-bond donors (Lipinski definition) is 1. The molecular formula is C11H23NO3S. The summed E-state index contributed by atoms with van der Waals surface area (Å²) in [7, 11) is -0.732. The van der Waals surface area contributed by atoms with Crippen molar-refractivity contribution in [1.29, 1.82) is 0 Å². The number of hydrogen-bond acceptors (Lipinski definition) is 4. The summed E-state index contributed by atoms with van der Waals surface area (Å²) in [6.45, 7) is 8.07. The molecule has 1 saturated heterocycles. The van der Waals surface area contributed by atoms with Crippen LogP contribution in [0.3, 0.4) is 0 Å². The second kappa shape index (κ2) is 6.10. The summed E-state index contributed by atoms with van der Waals surface area (Å²) >= 11 is 0. The average Bonchev–Trinajstić information content (AvgIpc) is 2.20. The minimum atomic E-state index is -0.732. The molecular weight excluding hydrogens is 226 g/mol. The third-order valence-electron chi connectivity index (χ3n) is 2.81. The van der Waals surface area contributed by atoms with Crippen LogP contribution in [0, 0.1) is 0 Å².